The van der Waals surface area contributed by atoms with Crippen molar-refractivity contribution < 1.29 is 14.3 Å². The van der Waals surface area contributed by atoms with Gasteiger partial charge in [0.25, 0.3) is 5.56 Å². The molecule has 1 amide bonds. The molecule has 0 unspecified atom stereocenters. The molecule has 8 nitrogen and oxygen atoms in total. The molecular formula is C21H17Cl2FN4O4S. The first-order valence-corrected chi connectivity index (χ1v) is 11.0. The molecule has 0 bridgehead atoms. The van der Waals surface area contributed by atoms with Gasteiger partial charge in [0.2, 0.25) is 11.8 Å². The van der Waals surface area contributed by atoms with Crippen LogP contribution in [0.25, 0.3) is 0 Å². The molecular weight excluding hydrogens is 494 g/mol. The second kappa shape index (κ2) is 10.2. The molecule has 1 aromatic heterocycles. The van der Waals surface area contributed by atoms with Gasteiger partial charge in [0.15, 0.2) is 0 Å². The highest BCUT2D eigenvalue weighted by molar-refractivity contribution is 8.15. The summed E-state index contributed by atoms with van der Waals surface area (Å²) in [6.45, 7) is 0. The second-order valence-electron chi connectivity index (χ2n) is 6.79. The summed E-state index contributed by atoms with van der Waals surface area (Å²) in [5.74, 6) is -1.77. The smallest absolute Gasteiger partial charge is 0.333 e. The minimum absolute atomic E-state index is 0.0328. The lowest BCUT2D eigenvalue weighted by molar-refractivity contribution is -0.113. The Morgan fingerprint density at radius 3 is 2.30 bits per heavy atom. The van der Waals surface area contributed by atoms with Gasteiger partial charge in [0.05, 0.1) is 11.4 Å². The van der Waals surface area contributed by atoms with Crippen molar-refractivity contribution >= 4 is 57.3 Å². The summed E-state index contributed by atoms with van der Waals surface area (Å²) in [6.07, 6.45) is 0. The number of amides is 1. The maximum absolute atomic E-state index is 13.3. The first kappa shape index (κ1) is 24.6. The molecule has 1 heterocycles. The molecule has 33 heavy (non-hydrogen) atoms. The fourth-order valence-electron chi connectivity index (χ4n) is 2.77. The zero-order chi connectivity index (χ0) is 24.3. The number of nitrogens with one attached hydrogen (secondary N) is 1. The Morgan fingerprint density at radius 1 is 1.09 bits per heavy atom. The van der Waals surface area contributed by atoms with Crippen molar-refractivity contribution in [3.8, 4) is 5.88 Å². The van der Waals surface area contributed by atoms with E-state index in [0.717, 1.165) is 20.9 Å². The zero-order valence-corrected chi connectivity index (χ0v) is 19.6. The van der Waals surface area contributed by atoms with Gasteiger partial charge >= 0.3 is 5.69 Å². The normalized spacial score (nSPS) is 11.5. The Balaban J connectivity index is 1.97. The highest BCUT2D eigenvalue weighted by Gasteiger charge is 2.22. The van der Waals surface area contributed by atoms with Crippen LogP contribution >= 0.6 is 35.0 Å². The number of rotatable bonds is 5. The van der Waals surface area contributed by atoms with Crippen molar-refractivity contribution in [2.24, 2.45) is 19.1 Å². The van der Waals surface area contributed by atoms with E-state index >= 15 is 0 Å². The van der Waals surface area contributed by atoms with Gasteiger partial charge in [-0.15, -0.1) is 0 Å². The number of benzene rings is 2. The molecule has 0 saturated heterocycles. The van der Waals surface area contributed by atoms with E-state index in [2.05, 4.69) is 10.3 Å². The number of aromatic nitrogens is 2. The van der Waals surface area contributed by atoms with Crippen LogP contribution in [0.15, 0.2) is 57.0 Å². The molecule has 0 aliphatic heterocycles. The molecule has 3 aromatic rings. The molecule has 0 aliphatic carbocycles. The quantitative estimate of drug-likeness (QED) is 0.402. The number of carbonyl (C=O) groups excluding carboxylic acids is 1. The average molecular weight is 511 g/mol. The highest BCUT2D eigenvalue weighted by Crippen LogP contribution is 2.25. The van der Waals surface area contributed by atoms with Gasteiger partial charge in [0.1, 0.15) is 16.4 Å². The first-order chi connectivity index (χ1) is 15.6. The lowest BCUT2D eigenvalue weighted by Gasteiger charge is -2.12. The average Bonchev–Trinajstić information content (AvgIpc) is 2.75. The summed E-state index contributed by atoms with van der Waals surface area (Å²) in [5.41, 5.74) is -1.16. The van der Waals surface area contributed by atoms with Gasteiger partial charge in [0, 0.05) is 29.8 Å². The third-order valence-corrected chi connectivity index (χ3v) is 5.80. The Morgan fingerprint density at radius 2 is 1.70 bits per heavy atom. The van der Waals surface area contributed by atoms with Gasteiger partial charge in [-0.2, -0.15) is 0 Å². The Bertz CT molecular complexity index is 1350. The largest absolute Gasteiger partial charge is 0.494 e. The maximum atomic E-state index is 13.3. The standard InChI is InChI=1S/C21H17Cl2FN4O4S/c1-27-19(30)17(20(31)28(2)21(27)32)18(26-14-5-3-13(24)4-6-14)33-10-16(29)25-15-8-11(22)7-12(23)9-15/h3-9,30H,10H2,1-2H3,(H,25,29). The van der Waals surface area contributed by atoms with Gasteiger partial charge in [-0.3, -0.25) is 18.7 Å². The minimum Gasteiger partial charge on any atom is -0.494 e. The molecule has 2 aromatic carbocycles. The topological polar surface area (TPSA) is 106 Å². The number of anilines is 1. The van der Waals surface area contributed by atoms with Crippen LogP contribution in [-0.4, -0.2) is 30.9 Å². The van der Waals surface area contributed by atoms with Crippen LogP contribution in [0.5, 0.6) is 5.88 Å². The third-order valence-electron chi connectivity index (χ3n) is 4.39. The summed E-state index contributed by atoms with van der Waals surface area (Å²) in [7, 11) is 2.54. The number of carbonyl (C=O) groups is 1. The number of aliphatic imine (C=N–C) groups is 1. The SMILES string of the molecule is Cn1c(O)c(C(=Nc2ccc(F)cc2)SCC(=O)Nc2cc(Cl)cc(Cl)c2)c(=O)n(C)c1=O. The summed E-state index contributed by atoms with van der Waals surface area (Å²) in [4.78, 5) is 41.7. The van der Waals surface area contributed by atoms with Crippen molar-refractivity contribution in [2.45, 2.75) is 0 Å². The van der Waals surface area contributed by atoms with Crippen LogP contribution in [0, 0.1) is 5.82 Å². The lowest BCUT2D eigenvalue weighted by Crippen LogP contribution is -2.39. The Labute approximate surface area is 201 Å². The maximum Gasteiger partial charge on any atom is 0.333 e. The van der Waals surface area contributed by atoms with E-state index in [-0.39, 0.29) is 22.0 Å². The number of hydrogen-bond acceptors (Lipinski definition) is 6. The van der Waals surface area contributed by atoms with Gasteiger partial charge in [-0.1, -0.05) is 35.0 Å². The van der Waals surface area contributed by atoms with Crippen molar-refractivity contribution in [1.82, 2.24) is 9.13 Å². The van der Waals surface area contributed by atoms with Crippen LogP contribution in [0.1, 0.15) is 5.56 Å². The minimum atomic E-state index is -0.800. The summed E-state index contributed by atoms with van der Waals surface area (Å²) in [5, 5.41) is 13.8. The van der Waals surface area contributed by atoms with E-state index in [1.165, 1.54) is 56.6 Å². The van der Waals surface area contributed by atoms with E-state index in [9.17, 15) is 23.9 Å². The zero-order valence-electron chi connectivity index (χ0n) is 17.3. The van der Waals surface area contributed by atoms with E-state index in [1.807, 2.05) is 0 Å². The number of hydrogen-bond donors (Lipinski definition) is 2. The van der Waals surface area contributed by atoms with Crippen LogP contribution in [0.2, 0.25) is 10.0 Å². The Hall–Kier alpha value is -3.08. The van der Waals surface area contributed by atoms with Crippen molar-refractivity contribution in [3.05, 3.63) is 84.7 Å². The molecule has 3 rings (SSSR count). The monoisotopic (exact) mass is 510 g/mol. The number of nitrogens with zero attached hydrogens (tertiary/aromatic N) is 3. The second-order valence-corrected chi connectivity index (χ2v) is 8.63. The predicted octanol–water partition coefficient (Wildman–Crippen LogP) is 3.69. The molecule has 0 atom stereocenters. The van der Waals surface area contributed by atoms with E-state index in [0.29, 0.717) is 15.7 Å². The molecule has 0 fully saturated rings. The van der Waals surface area contributed by atoms with Crippen LogP contribution in [-0.2, 0) is 18.9 Å². The molecule has 0 aliphatic rings. The van der Waals surface area contributed by atoms with Gasteiger partial charge < -0.3 is 10.4 Å². The molecule has 172 valence electrons. The summed E-state index contributed by atoms with van der Waals surface area (Å²) < 4.78 is 15.0. The molecule has 0 spiro atoms. The number of thioether (sulfide) groups is 1. The van der Waals surface area contributed by atoms with Crippen molar-refractivity contribution in [2.75, 3.05) is 11.1 Å². The fourth-order valence-corrected chi connectivity index (χ4v) is 4.13. The number of aromatic hydroxyl groups is 1. The first-order valence-electron chi connectivity index (χ1n) is 9.29. The lowest BCUT2D eigenvalue weighted by atomic mass is 10.3. The fraction of sp³-hybridized carbons (Fsp3) is 0.143. The van der Waals surface area contributed by atoms with Crippen molar-refractivity contribution in [1.29, 1.82) is 0 Å². The number of halogens is 3. The van der Waals surface area contributed by atoms with Gasteiger partial charge in [-0.05, 0) is 42.5 Å². The molecule has 12 heteroatoms. The highest BCUT2D eigenvalue weighted by atomic mass is 35.5. The van der Waals surface area contributed by atoms with E-state index in [1.54, 1.807) is 0 Å². The third kappa shape index (κ3) is 5.84. The Kier molecular flexibility index (Phi) is 7.62. The molecule has 0 saturated carbocycles. The summed E-state index contributed by atoms with van der Waals surface area (Å²) in [6, 6.07) is 9.63. The summed E-state index contributed by atoms with van der Waals surface area (Å²) >= 11 is 12.7. The van der Waals surface area contributed by atoms with Crippen molar-refractivity contribution in [3.63, 3.8) is 0 Å². The van der Waals surface area contributed by atoms with Crippen LogP contribution < -0.4 is 16.6 Å². The van der Waals surface area contributed by atoms with E-state index in [4.69, 9.17) is 23.2 Å². The van der Waals surface area contributed by atoms with E-state index < -0.39 is 28.9 Å². The van der Waals surface area contributed by atoms with Crippen LogP contribution in [0.3, 0.4) is 0 Å². The van der Waals surface area contributed by atoms with Crippen LogP contribution in [0.4, 0.5) is 15.8 Å². The molecule has 2 N–H and O–H groups in total. The van der Waals surface area contributed by atoms with Gasteiger partial charge in [-0.25, -0.2) is 14.2 Å². The predicted molar refractivity (Wildman–Crippen MR) is 129 cm³/mol. The molecule has 0 radical (unpaired) electrons.